The van der Waals surface area contributed by atoms with Gasteiger partial charge in [0.05, 0.1) is 7.11 Å². The lowest BCUT2D eigenvalue weighted by Crippen LogP contribution is -2.00. The van der Waals surface area contributed by atoms with Crippen molar-refractivity contribution in [1.82, 2.24) is 14.5 Å². The van der Waals surface area contributed by atoms with E-state index in [2.05, 4.69) is 51.1 Å². The van der Waals surface area contributed by atoms with Gasteiger partial charge in [-0.1, -0.05) is 30.3 Å². The number of benzene rings is 2. The number of ether oxygens (including phenoxy) is 3. The number of alkyl halides is 1. The van der Waals surface area contributed by atoms with Crippen LogP contribution in [0.1, 0.15) is 22.3 Å². The Morgan fingerprint density at radius 1 is 0.750 bits per heavy atom. The van der Waals surface area contributed by atoms with Crippen molar-refractivity contribution >= 4 is 22.5 Å². The van der Waals surface area contributed by atoms with Gasteiger partial charge in [0, 0.05) is 54.1 Å². The van der Waals surface area contributed by atoms with Crippen LogP contribution >= 0.6 is 11.6 Å². The summed E-state index contributed by atoms with van der Waals surface area (Å²) in [5.41, 5.74) is 5.35. The molecular formula is C29H26ClN3O3. The normalized spacial score (nSPS) is 10.9. The summed E-state index contributed by atoms with van der Waals surface area (Å²) >= 11 is 5.81. The third kappa shape index (κ3) is 5.78. The van der Waals surface area contributed by atoms with E-state index in [0.717, 1.165) is 45.5 Å². The van der Waals surface area contributed by atoms with E-state index in [0.29, 0.717) is 30.9 Å². The maximum atomic E-state index is 6.10. The molecule has 3 aromatic heterocycles. The molecule has 0 unspecified atom stereocenters. The zero-order valence-corrected chi connectivity index (χ0v) is 20.7. The maximum absolute atomic E-state index is 6.10. The summed E-state index contributed by atoms with van der Waals surface area (Å²) in [6, 6.07) is 24.1. The number of hydrogen-bond acceptors (Lipinski definition) is 5. The number of fused-ring (bicyclic) bond motifs is 1. The first-order valence-electron chi connectivity index (χ1n) is 11.6. The zero-order valence-electron chi connectivity index (χ0n) is 19.9. The van der Waals surface area contributed by atoms with E-state index in [1.54, 1.807) is 13.3 Å². The second-order valence-corrected chi connectivity index (χ2v) is 8.68. The molecule has 0 saturated carbocycles. The summed E-state index contributed by atoms with van der Waals surface area (Å²) in [6.07, 6.45) is 5.66. The van der Waals surface area contributed by atoms with Gasteiger partial charge in [-0.25, -0.2) is 9.97 Å². The van der Waals surface area contributed by atoms with Crippen molar-refractivity contribution < 1.29 is 14.2 Å². The Balaban J connectivity index is 1.19. The van der Waals surface area contributed by atoms with Gasteiger partial charge < -0.3 is 18.8 Å². The Hall–Kier alpha value is -4.03. The molecule has 182 valence electrons. The minimum atomic E-state index is 0.435. The second kappa shape index (κ2) is 11.1. The number of pyridine rings is 2. The highest BCUT2D eigenvalue weighted by molar-refractivity contribution is 6.17. The largest absolute Gasteiger partial charge is 0.489 e. The highest BCUT2D eigenvalue weighted by atomic mass is 35.5. The van der Waals surface area contributed by atoms with Crippen LogP contribution in [0, 0.1) is 0 Å². The fraction of sp³-hybridized carbons (Fsp3) is 0.172. The molecule has 2 aromatic carbocycles. The fourth-order valence-corrected chi connectivity index (χ4v) is 4.09. The number of nitrogens with zero attached hydrogens (tertiary/aromatic N) is 3. The molecule has 0 aliphatic heterocycles. The van der Waals surface area contributed by atoms with Gasteiger partial charge in [0.15, 0.2) is 0 Å². The summed E-state index contributed by atoms with van der Waals surface area (Å²) in [5, 5.41) is 1.13. The van der Waals surface area contributed by atoms with Crippen molar-refractivity contribution in [2.75, 3.05) is 7.11 Å². The van der Waals surface area contributed by atoms with E-state index in [4.69, 9.17) is 25.8 Å². The van der Waals surface area contributed by atoms with Crippen LogP contribution in [0.2, 0.25) is 0 Å². The molecule has 36 heavy (non-hydrogen) atoms. The van der Waals surface area contributed by atoms with Crippen molar-refractivity contribution in [3.8, 4) is 17.5 Å². The van der Waals surface area contributed by atoms with Crippen LogP contribution in [0.5, 0.6) is 17.5 Å². The number of halogens is 1. The summed E-state index contributed by atoms with van der Waals surface area (Å²) in [4.78, 5) is 8.57. The minimum Gasteiger partial charge on any atom is -0.489 e. The van der Waals surface area contributed by atoms with Gasteiger partial charge in [-0.2, -0.15) is 0 Å². The van der Waals surface area contributed by atoms with Crippen molar-refractivity contribution in [3.05, 3.63) is 114 Å². The molecule has 0 aliphatic rings. The summed E-state index contributed by atoms with van der Waals surface area (Å²) in [7, 11) is 1.62. The number of hydrogen-bond donors (Lipinski definition) is 0. The van der Waals surface area contributed by atoms with Gasteiger partial charge in [0.2, 0.25) is 11.8 Å². The monoisotopic (exact) mass is 499 g/mol. The lowest BCUT2D eigenvalue weighted by Gasteiger charge is -2.10. The number of methoxy groups -OCH3 is 1. The van der Waals surface area contributed by atoms with Gasteiger partial charge in [0.25, 0.3) is 0 Å². The van der Waals surface area contributed by atoms with Crippen LogP contribution < -0.4 is 14.2 Å². The molecule has 0 saturated heterocycles. The van der Waals surface area contributed by atoms with Gasteiger partial charge in [-0.05, 0) is 52.6 Å². The van der Waals surface area contributed by atoms with Crippen molar-refractivity contribution in [2.45, 2.75) is 25.6 Å². The first-order chi connectivity index (χ1) is 17.7. The molecule has 0 amide bonds. The van der Waals surface area contributed by atoms with E-state index < -0.39 is 0 Å². The SMILES string of the molecule is COc1ccc(Cn2ccc3cc(OCc4cccc(COc5ccc(CCl)cn5)c4)ccc32)cn1. The highest BCUT2D eigenvalue weighted by Crippen LogP contribution is 2.24. The number of aromatic nitrogens is 3. The van der Waals surface area contributed by atoms with E-state index in [1.165, 1.54) is 0 Å². The second-order valence-electron chi connectivity index (χ2n) is 8.41. The average molecular weight is 500 g/mol. The molecule has 0 fully saturated rings. The predicted molar refractivity (Wildman–Crippen MR) is 141 cm³/mol. The molecule has 0 N–H and O–H groups in total. The van der Waals surface area contributed by atoms with Crippen LogP contribution in [0.3, 0.4) is 0 Å². The minimum absolute atomic E-state index is 0.435. The fourth-order valence-electron chi connectivity index (χ4n) is 3.94. The quantitative estimate of drug-likeness (QED) is 0.208. The van der Waals surface area contributed by atoms with Crippen molar-refractivity contribution in [3.63, 3.8) is 0 Å². The Morgan fingerprint density at radius 2 is 1.50 bits per heavy atom. The van der Waals surface area contributed by atoms with E-state index in [-0.39, 0.29) is 0 Å². The van der Waals surface area contributed by atoms with Gasteiger partial charge in [-0.3, -0.25) is 0 Å². The lowest BCUT2D eigenvalue weighted by molar-refractivity contribution is 0.291. The third-order valence-electron chi connectivity index (χ3n) is 5.84. The van der Waals surface area contributed by atoms with Crippen LogP contribution in [0.25, 0.3) is 10.9 Å². The van der Waals surface area contributed by atoms with Crippen LogP contribution in [0.4, 0.5) is 0 Å². The Bertz CT molecular complexity index is 1430. The molecule has 7 heteroatoms. The smallest absolute Gasteiger partial charge is 0.213 e. The molecule has 3 heterocycles. The van der Waals surface area contributed by atoms with Gasteiger partial charge in [-0.15, -0.1) is 11.6 Å². The van der Waals surface area contributed by atoms with Crippen molar-refractivity contribution in [2.24, 2.45) is 0 Å². The Kier molecular flexibility index (Phi) is 7.33. The first-order valence-corrected chi connectivity index (χ1v) is 12.2. The molecule has 6 nitrogen and oxygen atoms in total. The Morgan fingerprint density at radius 3 is 2.22 bits per heavy atom. The standard InChI is InChI=1S/C29H26ClN3O3/c1-34-28-9-6-24(17-31-28)18-33-12-11-25-14-26(7-8-27(25)33)35-19-21-3-2-4-22(13-21)20-36-29-10-5-23(15-30)16-32-29/h2-14,16-17H,15,18-20H2,1H3. The summed E-state index contributed by atoms with van der Waals surface area (Å²) in [5.74, 6) is 2.46. The van der Waals surface area contributed by atoms with Crippen LogP contribution in [-0.2, 0) is 25.6 Å². The number of rotatable bonds is 10. The topological polar surface area (TPSA) is 58.4 Å². The van der Waals surface area contributed by atoms with Crippen LogP contribution in [0.15, 0.2) is 91.4 Å². The lowest BCUT2D eigenvalue weighted by atomic mass is 10.1. The molecule has 0 radical (unpaired) electrons. The molecule has 5 aromatic rings. The molecule has 5 rings (SSSR count). The molecule has 0 atom stereocenters. The van der Waals surface area contributed by atoms with Gasteiger partial charge in [0.1, 0.15) is 19.0 Å². The average Bonchev–Trinajstić information content (AvgIpc) is 3.33. The van der Waals surface area contributed by atoms with Crippen LogP contribution in [-0.4, -0.2) is 21.6 Å². The van der Waals surface area contributed by atoms with Gasteiger partial charge >= 0.3 is 0 Å². The van der Waals surface area contributed by atoms with E-state index in [1.807, 2.05) is 48.7 Å². The van der Waals surface area contributed by atoms with Crippen molar-refractivity contribution in [1.29, 1.82) is 0 Å². The maximum Gasteiger partial charge on any atom is 0.213 e. The molecule has 0 bridgehead atoms. The summed E-state index contributed by atoms with van der Waals surface area (Å²) in [6.45, 7) is 1.65. The molecule has 0 spiro atoms. The highest BCUT2D eigenvalue weighted by Gasteiger charge is 2.06. The molecular weight excluding hydrogens is 474 g/mol. The Labute approximate surface area is 215 Å². The first kappa shape index (κ1) is 23.7. The molecule has 0 aliphatic carbocycles. The third-order valence-corrected chi connectivity index (χ3v) is 6.15. The predicted octanol–water partition coefficient (Wildman–Crippen LogP) is 6.39. The zero-order chi connectivity index (χ0) is 24.7. The van der Waals surface area contributed by atoms with E-state index in [9.17, 15) is 0 Å². The van der Waals surface area contributed by atoms with E-state index >= 15 is 0 Å². The summed E-state index contributed by atoms with van der Waals surface area (Å²) < 4.78 is 19.2.